The van der Waals surface area contributed by atoms with Crippen LogP contribution in [0.5, 0.6) is 0 Å². The van der Waals surface area contributed by atoms with Crippen molar-refractivity contribution in [1.29, 1.82) is 0 Å². The summed E-state index contributed by atoms with van der Waals surface area (Å²) >= 11 is 0. The summed E-state index contributed by atoms with van der Waals surface area (Å²) in [4.78, 5) is 11.6. The largest absolute Gasteiger partial charge is 0.462 e. The van der Waals surface area contributed by atoms with Crippen LogP contribution in [0, 0.1) is 6.92 Å². The van der Waals surface area contributed by atoms with E-state index in [0.717, 1.165) is 24.6 Å². The molecule has 5 heteroatoms. The van der Waals surface area contributed by atoms with Gasteiger partial charge in [0.2, 0.25) is 0 Å². The quantitative estimate of drug-likeness (QED) is 0.709. The van der Waals surface area contributed by atoms with Gasteiger partial charge in [0.1, 0.15) is 11.4 Å². The molecule has 0 atom stereocenters. The average molecular weight is 195 g/mol. The van der Waals surface area contributed by atoms with E-state index < -0.39 is 0 Å². The first kappa shape index (κ1) is 9.05. The van der Waals surface area contributed by atoms with Crippen LogP contribution in [-0.4, -0.2) is 28.9 Å². The fourth-order valence-electron chi connectivity index (χ4n) is 1.65. The predicted octanol–water partition coefficient (Wildman–Crippen LogP) is 0.794. The number of aromatic nitrogens is 2. The third-order valence-electron chi connectivity index (χ3n) is 2.22. The van der Waals surface area contributed by atoms with Gasteiger partial charge in [0, 0.05) is 6.54 Å². The monoisotopic (exact) mass is 195 g/mol. The Morgan fingerprint density at radius 2 is 2.50 bits per heavy atom. The van der Waals surface area contributed by atoms with Gasteiger partial charge in [-0.2, -0.15) is 5.10 Å². The lowest BCUT2D eigenvalue weighted by molar-refractivity contribution is 0.0527. The van der Waals surface area contributed by atoms with Gasteiger partial charge in [-0.3, -0.25) is 0 Å². The highest BCUT2D eigenvalue weighted by atomic mass is 16.5. The molecule has 1 aliphatic heterocycles. The van der Waals surface area contributed by atoms with Crippen molar-refractivity contribution >= 4 is 11.8 Å². The molecule has 0 unspecified atom stereocenters. The van der Waals surface area contributed by atoms with E-state index in [-0.39, 0.29) is 5.97 Å². The Hall–Kier alpha value is -1.52. The molecule has 0 saturated carbocycles. The fraction of sp³-hybridized carbons (Fsp3) is 0.556. The minimum absolute atomic E-state index is 0.291. The summed E-state index contributed by atoms with van der Waals surface area (Å²) in [5, 5.41) is 7.38. The van der Waals surface area contributed by atoms with Crippen molar-refractivity contribution < 1.29 is 9.53 Å². The second-order valence-corrected chi connectivity index (χ2v) is 3.18. The van der Waals surface area contributed by atoms with E-state index in [2.05, 4.69) is 10.4 Å². The normalized spacial score (nSPS) is 13.6. The van der Waals surface area contributed by atoms with Gasteiger partial charge in [0.05, 0.1) is 18.8 Å². The molecule has 14 heavy (non-hydrogen) atoms. The number of anilines is 1. The SMILES string of the molecule is CCOC(=O)c1c(C)nn2c1NCC2. The molecule has 1 aromatic heterocycles. The molecule has 0 aliphatic carbocycles. The van der Waals surface area contributed by atoms with E-state index in [9.17, 15) is 4.79 Å². The fourth-order valence-corrected chi connectivity index (χ4v) is 1.65. The van der Waals surface area contributed by atoms with Gasteiger partial charge in [0.15, 0.2) is 0 Å². The summed E-state index contributed by atoms with van der Waals surface area (Å²) in [5.41, 5.74) is 1.30. The zero-order valence-corrected chi connectivity index (χ0v) is 8.33. The second kappa shape index (κ2) is 3.32. The summed E-state index contributed by atoms with van der Waals surface area (Å²) < 4.78 is 6.77. The number of rotatable bonds is 2. The minimum Gasteiger partial charge on any atom is -0.462 e. The molecule has 0 radical (unpaired) electrons. The average Bonchev–Trinajstić information content (AvgIpc) is 2.63. The van der Waals surface area contributed by atoms with Crippen LogP contribution in [0.1, 0.15) is 23.0 Å². The number of carbonyl (C=O) groups is 1. The number of ether oxygens (including phenoxy) is 1. The minimum atomic E-state index is -0.291. The molecule has 76 valence electrons. The second-order valence-electron chi connectivity index (χ2n) is 3.18. The maximum absolute atomic E-state index is 11.6. The Labute approximate surface area is 82.0 Å². The topological polar surface area (TPSA) is 56.1 Å². The van der Waals surface area contributed by atoms with Crippen LogP contribution < -0.4 is 5.32 Å². The Morgan fingerprint density at radius 1 is 1.71 bits per heavy atom. The molecular weight excluding hydrogens is 182 g/mol. The van der Waals surface area contributed by atoms with Crippen molar-refractivity contribution in [2.24, 2.45) is 0 Å². The predicted molar refractivity (Wildman–Crippen MR) is 51.4 cm³/mol. The lowest BCUT2D eigenvalue weighted by Crippen LogP contribution is -2.08. The Bertz CT molecular complexity index is 370. The molecule has 0 bridgehead atoms. The number of esters is 1. The van der Waals surface area contributed by atoms with Crippen LogP contribution in [0.4, 0.5) is 5.82 Å². The highest BCUT2D eigenvalue weighted by molar-refractivity contribution is 5.96. The van der Waals surface area contributed by atoms with E-state index in [1.54, 1.807) is 6.92 Å². The highest BCUT2D eigenvalue weighted by Crippen LogP contribution is 2.23. The van der Waals surface area contributed by atoms with E-state index >= 15 is 0 Å². The maximum Gasteiger partial charge on any atom is 0.343 e. The molecular formula is C9H13N3O2. The van der Waals surface area contributed by atoms with Crippen molar-refractivity contribution in [1.82, 2.24) is 9.78 Å². The molecule has 2 heterocycles. The zero-order chi connectivity index (χ0) is 10.1. The first-order valence-corrected chi connectivity index (χ1v) is 4.72. The molecule has 1 aromatic rings. The van der Waals surface area contributed by atoms with Crippen LogP contribution in [-0.2, 0) is 11.3 Å². The number of nitrogens with zero attached hydrogens (tertiary/aromatic N) is 2. The summed E-state index contributed by atoms with van der Waals surface area (Å²) in [6, 6.07) is 0. The van der Waals surface area contributed by atoms with Crippen molar-refractivity contribution in [3.63, 3.8) is 0 Å². The third-order valence-corrected chi connectivity index (χ3v) is 2.22. The van der Waals surface area contributed by atoms with Crippen molar-refractivity contribution in [3.8, 4) is 0 Å². The number of hydrogen-bond donors (Lipinski definition) is 1. The molecule has 2 rings (SSSR count). The number of nitrogens with one attached hydrogen (secondary N) is 1. The van der Waals surface area contributed by atoms with Crippen LogP contribution in [0.25, 0.3) is 0 Å². The van der Waals surface area contributed by atoms with Gasteiger partial charge in [-0.25, -0.2) is 9.48 Å². The van der Waals surface area contributed by atoms with Crippen molar-refractivity contribution in [2.45, 2.75) is 20.4 Å². The molecule has 1 N–H and O–H groups in total. The Kier molecular flexibility index (Phi) is 2.15. The summed E-state index contributed by atoms with van der Waals surface area (Å²) in [6.07, 6.45) is 0. The van der Waals surface area contributed by atoms with Gasteiger partial charge in [-0.15, -0.1) is 0 Å². The molecule has 5 nitrogen and oxygen atoms in total. The lowest BCUT2D eigenvalue weighted by Gasteiger charge is -2.02. The molecule has 0 fully saturated rings. The molecule has 0 amide bonds. The van der Waals surface area contributed by atoms with E-state index in [0.29, 0.717) is 12.2 Å². The summed E-state index contributed by atoms with van der Waals surface area (Å²) in [5.74, 6) is 0.501. The van der Waals surface area contributed by atoms with Crippen LogP contribution in [0.3, 0.4) is 0 Å². The van der Waals surface area contributed by atoms with Crippen LogP contribution in [0.15, 0.2) is 0 Å². The van der Waals surface area contributed by atoms with E-state index in [4.69, 9.17) is 4.74 Å². The third kappa shape index (κ3) is 1.25. The first-order valence-electron chi connectivity index (χ1n) is 4.72. The molecule has 0 spiro atoms. The molecule has 0 saturated heterocycles. The molecule has 0 aromatic carbocycles. The van der Waals surface area contributed by atoms with E-state index in [1.807, 2.05) is 11.6 Å². The highest BCUT2D eigenvalue weighted by Gasteiger charge is 2.24. The van der Waals surface area contributed by atoms with Gasteiger partial charge in [-0.05, 0) is 13.8 Å². The van der Waals surface area contributed by atoms with Gasteiger partial charge in [-0.1, -0.05) is 0 Å². The Morgan fingerprint density at radius 3 is 3.21 bits per heavy atom. The number of aryl methyl sites for hydroxylation is 1. The standard InChI is InChI=1S/C9H13N3O2/c1-3-14-9(13)7-6(2)11-12-5-4-10-8(7)12/h10H,3-5H2,1-2H3. The summed E-state index contributed by atoms with van der Waals surface area (Å²) in [7, 11) is 0. The number of fused-ring (bicyclic) bond motifs is 1. The van der Waals surface area contributed by atoms with Crippen LogP contribution >= 0.6 is 0 Å². The summed E-state index contributed by atoms with van der Waals surface area (Å²) in [6.45, 7) is 5.65. The zero-order valence-electron chi connectivity index (χ0n) is 8.33. The Balaban J connectivity index is 2.37. The molecule has 1 aliphatic rings. The van der Waals surface area contributed by atoms with Gasteiger partial charge < -0.3 is 10.1 Å². The maximum atomic E-state index is 11.6. The first-order chi connectivity index (χ1) is 6.74. The van der Waals surface area contributed by atoms with Crippen molar-refractivity contribution in [2.75, 3.05) is 18.5 Å². The lowest BCUT2D eigenvalue weighted by atomic mass is 10.2. The number of hydrogen-bond acceptors (Lipinski definition) is 4. The van der Waals surface area contributed by atoms with Crippen molar-refractivity contribution in [3.05, 3.63) is 11.3 Å². The smallest absolute Gasteiger partial charge is 0.343 e. The van der Waals surface area contributed by atoms with E-state index in [1.165, 1.54) is 0 Å². The number of carbonyl (C=O) groups excluding carboxylic acids is 1. The van der Waals surface area contributed by atoms with Gasteiger partial charge in [0.25, 0.3) is 0 Å². The van der Waals surface area contributed by atoms with Crippen LogP contribution in [0.2, 0.25) is 0 Å². The van der Waals surface area contributed by atoms with Gasteiger partial charge >= 0.3 is 5.97 Å².